The SMILES string of the molecule is O=C(Nc1ccc(C2CCN(C(=O)c3cc(Cl)[nH]c(=O)c3)CC2)cc1)C1CCN(c2ccccc2)CC1. The van der Waals surface area contributed by atoms with Crippen LogP contribution in [0.5, 0.6) is 0 Å². The molecule has 8 heteroatoms. The molecule has 3 heterocycles. The number of carbonyl (C=O) groups is 2. The van der Waals surface area contributed by atoms with Crippen LogP contribution < -0.4 is 15.8 Å². The van der Waals surface area contributed by atoms with Crippen LogP contribution in [-0.4, -0.2) is 47.9 Å². The molecule has 2 aliphatic rings. The molecule has 2 saturated heterocycles. The first-order valence-corrected chi connectivity index (χ1v) is 13.2. The second-order valence-electron chi connectivity index (χ2n) is 9.86. The number of hydrogen-bond donors (Lipinski definition) is 2. The number of H-pyrrole nitrogens is 1. The normalized spacial score (nSPS) is 17.0. The van der Waals surface area contributed by atoms with Gasteiger partial charge < -0.3 is 20.1 Å². The number of nitrogens with one attached hydrogen (secondary N) is 2. The van der Waals surface area contributed by atoms with Crippen molar-refractivity contribution in [3.8, 4) is 0 Å². The molecule has 2 amide bonds. The highest BCUT2D eigenvalue weighted by Gasteiger charge is 2.27. The van der Waals surface area contributed by atoms with Crippen molar-refractivity contribution in [3.63, 3.8) is 0 Å². The van der Waals surface area contributed by atoms with Crippen LogP contribution in [0.4, 0.5) is 11.4 Å². The average molecular weight is 519 g/mol. The van der Waals surface area contributed by atoms with E-state index in [1.807, 2.05) is 30.3 Å². The molecule has 1 aromatic heterocycles. The van der Waals surface area contributed by atoms with Crippen molar-refractivity contribution in [1.29, 1.82) is 0 Å². The minimum absolute atomic E-state index is 0.0246. The second kappa shape index (κ2) is 11.2. The molecular weight excluding hydrogens is 488 g/mol. The summed E-state index contributed by atoms with van der Waals surface area (Å²) in [5.74, 6) is 0.293. The number of para-hydroxylation sites is 1. The van der Waals surface area contributed by atoms with E-state index >= 15 is 0 Å². The van der Waals surface area contributed by atoms with Crippen molar-refractivity contribution in [2.45, 2.75) is 31.6 Å². The molecule has 7 nitrogen and oxygen atoms in total. The van der Waals surface area contributed by atoms with E-state index in [1.54, 1.807) is 4.90 Å². The lowest BCUT2D eigenvalue weighted by Crippen LogP contribution is -2.38. The second-order valence-corrected chi connectivity index (χ2v) is 10.3. The van der Waals surface area contributed by atoms with Crippen LogP contribution in [0, 0.1) is 5.92 Å². The summed E-state index contributed by atoms with van der Waals surface area (Å²) >= 11 is 5.90. The number of likely N-dealkylation sites (tertiary alicyclic amines) is 1. The summed E-state index contributed by atoms with van der Waals surface area (Å²) in [7, 11) is 0. The fourth-order valence-electron chi connectivity index (χ4n) is 5.35. The van der Waals surface area contributed by atoms with Gasteiger partial charge in [0.15, 0.2) is 0 Å². The fourth-order valence-corrected chi connectivity index (χ4v) is 5.56. The summed E-state index contributed by atoms with van der Waals surface area (Å²) in [6.07, 6.45) is 3.38. The van der Waals surface area contributed by atoms with Gasteiger partial charge in [0.25, 0.3) is 5.91 Å². The van der Waals surface area contributed by atoms with Crippen molar-refractivity contribution in [2.24, 2.45) is 5.92 Å². The highest BCUT2D eigenvalue weighted by molar-refractivity contribution is 6.29. The van der Waals surface area contributed by atoms with E-state index in [-0.39, 0.29) is 28.4 Å². The molecule has 0 spiro atoms. The third-order valence-corrected chi connectivity index (χ3v) is 7.68. The predicted molar refractivity (Wildman–Crippen MR) is 146 cm³/mol. The quantitative estimate of drug-likeness (QED) is 0.470. The summed E-state index contributed by atoms with van der Waals surface area (Å²) in [5.41, 5.74) is 3.18. The molecular formula is C29H31ClN4O3. The van der Waals surface area contributed by atoms with Crippen molar-refractivity contribution < 1.29 is 9.59 Å². The topological polar surface area (TPSA) is 85.5 Å². The van der Waals surface area contributed by atoms with Gasteiger partial charge in [-0.25, -0.2) is 0 Å². The van der Waals surface area contributed by atoms with Crippen LogP contribution in [0.3, 0.4) is 0 Å². The minimum atomic E-state index is -0.379. The van der Waals surface area contributed by atoms with Gasteiger partial charge in [0.1, 0.15) is 5.15 Å². The van der Waals surface area contributed by atoms with E-state index in [4.69, 9.17) is 11.6 Å². The summed E-state index contributed by atoms with van der Waals surface area (Å²) in [4.78, 5) is 43.9. The van der Waals surface area contributed by atoms with Crippen LogP contribution >= 0.6 is 11.6 Å². The van der Waals surface area contributed by atoms with Crippen molar-refractivity contribution in [3.05, 3.63) is 93.4 Å². The maximum atomic E-state index is 12.9. The van der Waals surface area contributed by atoms with Crippen molar-refractivity contribution in [1.82, 2.24) is 9.88 Å². The third-order valence-electron chi connectivity index (χ3n) is 7.48. The van der Waals surface area contributed by atoms with E-state index in [9.17, 15) is 14.4 Å². The van der Waals surface area contributed by atoms with E-state index in [2.05, 4.69) is 39.5 Å². The van der Waals surface area contributed by atoms with E-state index in [1.165, 1.54) is 23.4 Å². The Morgan fingerprint density at radius 2 is 1.54 bits per heavy atom. The van der Waals surface area contributed by atoms with Gasteiger partial charge in [0, 0.05) is 55.1 Å². The first kappa shape index (κ1) is 25.1. The molecule has 0 aliphatic carbocycles. The predicted octanol–water partition coefficient (Wildman–Crippen LogP) is 4.90. The Kier molecular flexibility index (Phi) is 7.60. The molecule has 2 fully saturated rings. The van der Waals surface area contributed by atoms with Gasteiger partial charge in [-0.2, -0.15) is 0 Å². The average Bonchev–Trinajstić information content (AvgIpc) is 2.93. The van der Waals surface area contributed by atoms with Gasteiger partial charge >= 0.3 is 0 Å². The van der Waals surface area contributed by atoms with Crippen LogP contribution in [-0.2, 0) is 4.79 Å². The molecule has 2 aliphatic heterocycles. The third kappa shape index (κ3) is 6.05. The number of halogens is 1. The molecule has 37 heavy (non-hydrogen) atoms. The maximum absolute atomic E-state index is 12.9. The zero-order valence-corrected chi connectivity index (χ0v) is 21.4. The number of aromatic amines is 1. The van der Waals surface area contributed by atoms with Crippen molar-refractivity contribution >= 4 is 34.8 Å². The smallest absolute Gasteiger partial charge is 0.254 e. The standard InChI is InChI=1S/C29H31ClN4O3/c30-26-18-23(19-27(35)32-26)29(37)34-16-10-21(11-17-34)20-6-8-24(9-7-20)31-28(36)22-12-14-33(15-13-22)25-4-2-1-3-5-25/h1-9,18-19,21-22H,10-17H2,(H,31,36)(H,32,35). The molecule has 2 N–H and O–H groups in total. The molecule has 192 valence electrons. The Bertz CT molecular complexity index is 1290. The summed E-state index contributed by atoms with van der Waals surface area (Å²) in [6.45, 7) is 3.01. The number of nitrogens with zero attached hydrogens (tertiary/aromatic N) is 2. The molecule has 0 unspecified atom stereocenters. The lowest BCUT2D eigenvalue weighted by atomic mass is 9.89. The van der Waals surface area contributed by atoms with Gasteiger partial charge in [-0.15, -0.1) is 0 Å². The van der Waals surface area contributed by atoms with Gasteiger partial charge in [0.2, 0.25) is 11.5 Å². The number of piperidine rings is 2. The van der Waals surface area contributed by atoms with E-state index < -0.39 is 0 Å². The number of anilines is 2. The number of carbonyl (C=O) groups excluding carboxylic acids is 2. The Hall–Kier alpha value is -3.58. The number of aromatic nitrogens is 1. The monoisotopic (exact) mass is 518 g/mol. The van der Waals surface area contributed by atoms with Gasteiger partial charge in [0.05, 0.1) is 0 Å². The van der Waals surface area contributed by atoms with E-state index in [0.29, 0.717) is 24.6 Å². The lowest BCUT2D eigenvalue weighted by Gasteiger charge is -2.33. The molecule has 0 atom stereocenters. The Morgan fingerprint density at radius 1 is 0.865 bits per heavy atom. The molecule has 5 rings (SSSR count). The van der Waals surface area contributed by atoms with Crippen LogP contribution in [0.25, 0.3) is 0 Å². The highest BCUT2D eigenvalue weighted by atomic mass is 35.5. The molecule has 3 aromatic rings. The maximum Gasteiger partial charge on any atom is 0.254 e. The largest absolute Gasteiger partial charge is 0.371 e. The Morgan fingerprint density at radius 3 is 2.19 bits per heavy atom. The zero-order valence-electron chi connectivity index (χ0n) is 20.7. The first-order valence-electron chi connectivity index (χ1n) is 12.9. The van der Waals surface area contributed by atoms with Crippen LogP contribution in [0.2, 0.25) is 5.15 Å². The van der Waals surface area contributed by atoms with E-state index in [0.717, 1.165) is 44.5 Å². The molecule has 0 bridgehead atoms. The Balaban J connectivity index is 1.11. The van der Waals surface area contributed by atoms with Gasteiger partial charge in [-0.3, -0.25) is 14.4 Å². The molecule has 0 radical (unpaired) electrons. The minimum Gasteiger partial charge on any atom is -0.371 e. The summed E-state index contributed by atoms with van der Waals surface area (Å²) in [5, 5.41) is 3.26. The van der Waals surface area contributed by atoms with Crippen LogP contribution in [0.1, 0.15) is 47.5 Å². The fraction of sp³-hybridized carbons (Fsp3) is 0.345. The van der Waals surface area contributed by atoms with Gasteiger partial charge in [-0.1, -0.05) is 41.9 Å². The first-order chi connectivity index (χ1) is 18.0. The van der Waals surface area contributed by atoms with Crippen molar-refractivity contribution in [2.75, 3.05) is 36.4 Å². The number of pyridine rings is 1. The zero-order chi connectivity index (χ0) is 25.8. The Labute approximate surface area is 221 Å². The lowest BCUT2D eigenvalue weighted by molar-refractivity contribution is -0.120. The number of benzene rings is 2. The number of amides is 2. The number of rotatable bonds is 5. The summed E-state index contributed by atoms with van der Waals surface area (Å²) < 4.78 is 0. The molecule has 0 saturated carbocycles. The number of hydrogen-bond acceptors (Lipinski definition) is 4. The van der Waals surface area contributed by atoms with Gasteiger partial charge in [-0.05, 0) is 67.5 Å². The molecule has 2 aromatic carbocycles. The highest BCUT2D eigenvalue weighted by Crippen LogP contribution is 2.30. The summed E-state index contributed by atoms with van der Waals surface area (Å²) in [6, 6.07) is 21.2. The van der Waals surface area contributed by atoms with Crippen LogP contribution in [0.15, 0.2) is 71.5 Å².